The highest BCUT2D eigenvalue weighted by Gasteiger charge is 2.31. The smallest absolute Gasteiger partial charge is 0.106 e. The molecule has 2 rings (SSSR count). The van der Waals surface area contributed by atoms with Gasteiger partial charge in [0, 0.05) is 0 Å². The van der Waals surface area contributed by atoms with Crippen molar-refractivity contribution in [3.05, 3.63) is 11.6 Å². The maximum Gasteiger partial charge on any atom is 0.106 e. The van der Waals surface area contributed by atoms with Crippen LogP contribution in [0.25, 0.3) is 0 Å². The monoisotopic (exact) mass is 151 g/mol. The van der Waals surface area contributed by atoms with Crippen molar-refractivity contribution in [3.63, 3.8) is 0 Å². The lowest BCUT2D eigenvalue weighted by Gasteiger charge is -2.06. The van der Waals surface area contributed by atoms with E-state index < -0.39 is 0 Å². The highest BCUT2D eigenvalue weighted by atomic mass is 16.6. The molecular formula is C9H13NO. The zero-order valence-electron chi connectivity index (χ0n) is 6.79. The summed E-state index contributed by atoms with van der Waals surface area (Å²) in [5.74, 6) is 1.64. The zero-order valence-corrected chi connectivity index (χ0v) is 6.79. The van der Waals surface area contributed by atoms with Crippen LogP contribution in [0, 0.1) is 11.8 Å². The summed E-state index contributed by atoms with van der Waals surface area (Å²) in [4.78, 5) is 4.64. The lowest BCUT2D eigenvalue weighted by molar-refractivity contribution is 0.215. The fraction of sp³-hybridized carbons (Fsp3) is 0.667. The van der Waals surface area contributed by atoms with Gasteiger partial charge in [0.25, 0.3) is 0 Å². The molecule has 0 aromatic rings. The Balaban J connectivity index is 2.05. The van der Waals surface area contributed by atoms with E-state index in [1.54, 1.807) is 7.11 Å². The first kappa shape index (κ1) is 6.89. The van der Waals surface area contributed by atoms with Gasteiger partial charge in [-0.05, 0) is 36.7 Å². The van der Waals surface area contributed by atoms with Crippen LogP contribution in [0.3, 0.4) is 0 Å². The summed E-state index contributed by atoms with van der Waals surface area (Å²) in [5, 5.41) is 3.78. The molecule has 0 spiro atoms. The van der Waals surface area contributed by atoms with Gasteiger partial charge >= 0.3 is 0 Å². The molecule has 0 radical (unpaired) electrons. The molecule has 2 aliphatic carbocycles. The van der Waals surface area contributed by atoms with Gasteiger partial charge in [-0.3, -0.25) is 0 Å². The molecule has 0 aromatic heterocycles. The van der Waals surface area contributed by atoms with Gasteiger partial charge in [0.1, 0.15) is 7.11 Å². The first-order valence-electron chi connectivity index (χ1n) is 4.18. The normalized spacial score (nSPS) is 34.8. The Morgan fingerprint density at radius 3 is 3.09 bits per heavy atom. The van der Waals surface area contributed by atoms with E-state index in [-0.39, 0.29) is 0 Å². The molecule has 0 aromatic carbocycles. The summed E-state index contributed by atoms with van der Waals surface area (Å²) in [7, 11) is 1.59. The van der Waals surface area contributed by atoms with Gasteiger partial charge < -0.3 is 4.84 Å². The van der Waals surface area contributed by atoms with Crippen LogP contribution in [-0.2, 0) is 4.84 Å². The van der Waals surface area contributed by atoms with E-state index in [1.807, 2.05) is 6.21 Å². The molecule has 0 aliphatic heterocycles. The molecule has 11 heavy (non-hydrogen) atoms. The molecule has 0 amide bonds. The van der Waals surface area contributed by atoms with Crippen LogP contribution in [0.2, 0.25) is 0 Å². The molecule has 1 fully saturated rings. The molecule has 2 unspecified atom stereocenters. The molecule has 2 bridgehead atoms. The van der Waals surface area contributed by atoms with Crippen molar-refractivity contribution in [2.45, 2.75) is 19.3 Å². The van der Waals surface area contributed by atoms with Gasteiger partial charge in [0.2, 0.25) is 0 Å². The lowest BCUT2D eigenvalue weighted by Crippen LogP contribution is -1.98. The van der Waals surface area contributed by atoms with Crippen LogP contribution < -0.4 is 0 Å². The van der Waals surface area contributed by atoms with Crippen molar-refractivity contribution in [2.24, 2.45) is 17.0 Å². The largest absolute Gasteiger partial charge is 0.399 e. The lowest BCUT2D eigenvalue weighted by atomic mass is 10.00. The summed E-state index contributed by atoms with van der Waals surface area (Å²) in [6, 6.07) is 0. The summed E-state index contributed by atoms with van der Waals surface area (Å²) in [5.41, 5.74) is 1.39. The summed E-state index contributed by atoms with van der Waals surface area (Å²) in [6.45, 7) is 0. The molecule has 2 nitrogen and oxygen atoms in total. The number of hydrogen-bond donors (Lipinski definition) is 0. The third kappa shape index (κ3) is 1.17. The minimum absolute atomic E-state index is 0.791. The predicted octanol–water partition coefficient (Wildman–Crippen LogP) is 1.97. The molecule has 2 atom stereocenters. The molecule has 0 heterocycles. The highest BCUT2D eigenvalue weighted by Crippen LogP contribution is 2.42. The second-order valence-corrected chi connectivity index (χ2v) is 3.35. The number of nitrogens with zero attached hydrogens (tertiary/aromatic N) is 1. The van der Waals surface area contributed by atoms with Crippen LogP contribution in [0.15, 0.2) is 16.8 Å². The van der Waals surface area contributed by atoms with Gasteiger partial charge in [-0.25, -0.2) is 0 Å². The summed E-state index contributed by atoms with van der Waals surface area (Å²) < 4.78 is 0. The molecule has 0 saturated heterocycles. The van der Waals surface area contributed by atoms with Crippen molar-refractivity contribution in [1.29, 1.82) is 0 Å². The Hall–Kier alpha value is -0.790. The third-order valence-corrected chi connectivity index (χ3v) is 2.68. The first-order chi connectivity index (χ1) is 5.40. The van der Waals surface area contributed by atoms with Crippen LogP contribution in [0.5, 0.6) is 0 Å². The molecule has 2 aliphatic rings. The molecule has 60 valence electrons. The molecular weight excluding hydrogens is 138 g/mol. The van der Waals surface area contributed by atoms with Crippen LogP contribution in [0.1, 0.15) is 19.3 Å². The van der Waals surface area contributed by atoms with Gasteiger partial charge in [0.05, 0.1) is 6.21 Å². The minimum Gasteiger partial charge on any atom is -0.399 e. The van der Waals surface area contributed by atoms with Crippen LogP contribution >= 0.6 is 0 Å². The fourth-order valence-electron chi connectivity index (χ4n) is 2.14. The maximum absolute atomic E-state index is 4.64. The Labute approximate surface area is 66.9 Å². The van der Waals surface area contributed by atoms with Crippen LogP contribution in [0.4, 0.5) is 0 Å². The van der Waals surface area contributed by atoms with E-state index in [0.29, 0.717) is 0 Å². The van der Waals surface area contributed by atoms with E-state index in [4.69, 9.17) is 0 Å². The quantitative estimate of drug-likeness (QED) is 0.437. The van der Waals surface area contributed by atoms with Gasteiger partial charge in [0.15, 0.2) is 0 Å². The second-order valence-electron chi connectivity index (χ2n) is 3.35. The predicted molar refractivity (Wildman–Crippen MR) is 44.4 cm³/mol. The number of allylic oxidation sites excluding steroid dienone is 2. The van der Waals surface area contributed by atoms with Crippen molar-refractivity contribution in [1.82, 2.24) is 0 Å². The molecule has 0 N–H and O–H groups in total. The SMILES string of the molecule is CO/N=C/C1=CC2CCC1C2. The van der Waals surface area contributed by atoms with Crippen molar-refractivity contribution in [3.8, 4) is 0 Å². The van der Waals surface area contributed by atoms with Crippen molar-refractivity contribution >= 4 is 6.21 Å². The topological polar surface area (TPSA) is 21.6 Å². The van der Waals surface area contributed by atoms with E-state index in [1.165, 1.54) is 24.8 Å². The van der Waals surface area contributed by atoms with Crippen LogP contribution in [-0.4, -0.2) is 13.3 Å². The molecule has 2 heteroatoms. The standard InChI is InChI=1S/C9H13NO/c1-11-10-6-9-5-7-2-3-8(9)4-7/h5-8H,2-4H2,1H3/b10-6+. The average Bonchev–Trinajstić information content (AvgIpc) is 2.60. The van der Waals surface area contributed by atoms with Crippen molar-refractivity contribution in [2.75, 3.05) is 7.11 Å². The fourth-order valence-corrected chi connectivity index (χ4v) is 2.14. The van der Waals surface area contributed by atoms with E-state index >= 15 is 0 Å². The van der Waals surface area contributed by atoms with Gasteiger partial charge in [-0.15, -0.1) is 0 Å². The summed E-state index contributed by atoms with van der Waals surface area (Å²) >= 11 is 0. The summed E-state index contributed by atoms with van der Waals surface area (Å²) in [6.07, 6.45) is 8.30. The Morgan fingerprint density at radius 2 is 2.55 bits per heavy atom. The van der Waals surface area contributed by atoms with Crippen molar-refractivity contribution < 1.29 is 4.84 Å². The minimum atomic E-state index is 0.791. The second kappa shape index (κ2) is 2.68. The van der Waals surface area contributed by atoms with Gasteiger partial charge in [-0.1, -0.05) is 11.2 Å². The number of fused-ring (bicyclic) bond motifs is 2. The number of hydrogen-bond acceptors (Lipinski definition) is 2. The first-order valence-corrected chi connectivity index (χ1v) is 4.18. The Morgan fingerprint density at radius 1 is 1.64 bits per heavy atom. The van der Waals surface area contributed by atoms with E-state index in [0.717, 1.165) is 11.8 Å². The number of oxime groups is 1. The highest BCUT2D eigenvalue weighted by molar-refractivity contribution is 5.79. The zero-order chi connectivity index (χ0) is 7.68. The third-order valence-electron chi connectivity index (χ3n) is 2.68. The molecule has 1 saturated carbocycles. The Bertz CT molecular complexity index is 208. The average molecular weight is 151 g/mol. The number of rotatable bonds is 2. The Kier molecular flexibility index (Phi) is 1.68. The van der Waals surface area contributed by atoms with E-state index in [2.05, 4.69) is 16.1 Å². The maximum atomic E-state index is 4.64. The van der Waals surface area contributed by atoms with Gasteiger partial charge in [-0.2, -0.15) is 0 Å². The van der Waals surface area contributed by atoms with E-state index in [9.17, 15) is 0 Å².